The van der Waals surface area contributed by atoms with E-state index in [0.717, 1.165) is 38.2 Å². The minimum absolute atomic E-state index is 0.356. The Morgan fingerprint density at radius 1 is 1.22 bits per heavy atom. The van der Waals surface area contributed by atoms with E-state index in [9.17, 15) is 0 Å². The van der Waals surface area contributed by atoms with Gasteiger partial charge in [0, 0.05) is 18.4 Å². The van der Waals surface area contributed by atoms with Gasteiger partial charge in [0.25, 0.3) is 0 Å². The Morgan fingerprint density at radius 3 is 2.94 bits per heavy atom. The molecule has 0 amide bonds. The molecule has 1 aromatic heterocycles. The van der Waals surface area contributed by atoms with Crippen molar-refractivity contribution in [3.8, 4) is 0 Å². The maximum Gasteiger partial charge on any atom is 0.187 e. The number of nitrogens with zero attached hydrogens (tertiary/aromatic N) is 2. The Hall–Kier alpha value is -1.17. The molecule has 0 radical (unpaired) electrons. The van der Waals surface area contributed by atoms with E-state index in [0.29, 0.717) is 0 Å². The lowest BCUT2D eigenvalue weighted by Crippen LogP contribution is -2.34. The lowest BCUT2D eigenvalue weighted by Gasteiger charge is -2.22. The molecule has 94 valence electrons. The first-order valence-corrected chi connectivity index (χ1v) is 7.01. The van der Waals surface area contributed by atoms with Crippen molar-refractivity contribution in [3.63, 3.8) is 0 Å². The standard InChI is InChI=1S/C13H14N2O2S/c1-2-4-11-10(3-1)12(18-14-11)15-6-5-13(9-15)16-7-8-17-13/h1-4H,5-9H2. The summed E-state index contributed by atoms with van der Waals surface area (Å²) in [5.74, 6) is -0.356. The van der Waals surface area contributed by atoms with Crippen LogP contribution in [0.3, 0.4) is 0 Å². The third kappa shape index (κ3) is 1.55. The lowest BCUT2D eigenvalue weighted by atomic mass is 10.2. The molecule has 5 heteroatoms. The van der Waals surface area contributed by atoms with Crippen molar-refractivity contribution in [1.29, 1.82) is 0 Å². The minimum atomic E-state index is -0.356. The van der Waals surface area contributed by atoms with Crippen molar-refractivity contribution >= 4 is 27.4 Å². The van der Waals surface area contributed by atoms with Crippen LogP contribution in [0.5, 0.6) is 0 Å². The van der Waals surface area contributed by atoms with Gasteiger partial charge in [0.15, 0.2) is 5.79 Å². The van der Waals surface area contributed by atoms with Crippen molar-refractivity contribution in [1.82, 2.24) is 4.37 Å². The zero-order valence-electron chi connectivity index (χ0n) is 9.96. The van der Waals surface area contributed by atoms with Gasteiger partial charge < -0.3 is 14.4 Å². The summed E-state index contributed by atoms with van der Waals surface area (Å²) in [6, 6.07) is 8.29. The van der Waals surface area contributed by atoms with Gasteiger partial charge in [-0.05, 0) is 23.7 Å². The van der Waals surface area contributed by atoms with Crippen molar-refractivity contribution in [2.75, 3.05) is 31.2 Å². The zero-order chi connectivity index (χ0) is 12.0. The fourth-order valence-electron chi connectivity index (χ4n) is 2.76. The van der Waals surface area contributed by atoms with E-state index in [2.05, 4.69) is 27.5 Å². The number of aromatic nitrogens is 1. The van der Waals surface area contributed by atoms with E-state index < -0.39 is 0 Å². The zero-order valence-corrected chi connectivity index (χ0v) is 10.8. The molecule has 0 aliphatic carbocycles. The first-order valence-electron chi connectivity index (χ1n) is 6.24. The number of hydrogen-bond donors (Lipinski definition) is 0. The molecule has 18 heavy (non-hydrogen) atoms. The second-order valence-corrected chi connectivity index (χ2v) is 5.54. The fourth-order valence-corrected chi connectivity index (χ4v) is 3.65. The summed E-state index contributed by atoms with van der Waals surface area (Å²) in [6.07, 6.45) is 0.944. The number of ether oxygens (including phenoxy) is 2. The Morgan fingerprint density at radius 2 is 2.06 bits per heavy atom. The molecule has 0 atom stereocenters. The molecule has 2 saturated heterocycles. The molecule has 1 spiro atoms. The van der Waals surface area contributed by atoms with Crippen LogP contribution in [-0.2, 0) is 9.47 Å². The van der Waals surface area contributed by atoms with Crippen LogP contribution in [-0.4, -0.2) is 36.5 Å². The minimum Gasteiger partial charge on any atom is -0.356 e. The smallest absolute Gasteiger partial charge is 0.187 e. The van der Waals surface area contributed by atoms with E-state index in [1.165, 1.54) is 10.4 Å². The van der Waals surface area contributed by atoms with E-state index in [-0.39, 0.29) is 5.79 Å². The first kappa shape index (κ1) is 10.7. The highest BCUT2D eigenvalue weighted by molar-refractivity contribution is 7.11. The quantitative estimate of drug-likeness (QED) is 0.789. The molecule has 2 aliphatic rings. The van der Waals surface area contributed by atoms with Crippen LogP contribution in [0.4, 0.5) is 5.00 Å². The average molecular weight is 262 g/mol. The Labute approximate surface area is 109 Å². The van der Waals surface area contributed by atoms with Gasteiger partial charge in [-0.15, -0.1) is 0 Å². The molecule has 2 fully saturated rings. The first-order chi connectivity index (χ1) is 8.86. The van der Waals surface area contributed by atoms with E-state index in [1.807, 2.05) is 6.07 Å². The molecule has 0 saturated carbocycles. The molecule has 2 aromatic rings. The van der Waals surface area contributed by atoms with Crippen LogP contribution < -0.4 is 4.90 Å². The number of fused-ring (bicyclic) bond motifs is 1. The van der Waals surface area contributed by atoms with Gasteiger partial charge in [-0.3, -0.25) is 0 Å². The van der Waals surface area contributed by atoms with Gasteiger partial charge in [-0.2, -0.15) is 4.37 Å². The lowest BCUT2D eigenvalue weighted by molar-refractivity contribution is -0.137. The highest BCUT2D eigenvalue weighted by Gasteiger charge is 2.44. The predicted molar refractivity (Wildman–Crippen MR) is 71.1 cm³/mol. The van der Waals surface area contributed by atoms with Gasteiger partial charge in [-0.25, -0.2) is 0 Å². The third-order valence-electron chi connectivity index (χ3n) is 3.66. The van der Waals surface area contributed by atoms with Crippen LogP contribution >= 0.6 is 11.5 Å². The van der Waals surface area contributed by atoms with Crippen LogP contribution in [0.15, 0.2) is 24.3 Å². The average Bonchev–Trinajstić information content (AvgIpc) is 3.11. The SMILES string of the molecule is c1ccc2c(N3CCC4(C3)OCCO4)snc2c1. The molecule has 4 nitrogen and oxygen atoms in total. The summed E-state index contributed by atoms with van der Waals surface area (Å²) in [5, 5.41) is 2.47. The van der Waals surface area contributed by atoms with Crippen LogP contribution in [0.1, 0.15) is 6.42 Å². The largest absolute Gasteiger partial charge is 0.356 e. The third-order valence-corrected chi connectivity index (χ3v) is 4.60. The maximum atomic E-state index is 5.76. The monoisotopic (exact) mass is 262 g/mol. The molecule has 1 aromatic carbocycles. The number of rotatable bonds is 1. The molecule has 0 N–H and O–H groups in total. The molecular formula is C13H14N2O2S. The maximum absolute atomic E-state index is 5.76. The van der Waals surface area contributed by atoms with Crippen LogP contribution in [0.25, 0.3) is 10.9 Å². The topological polar surface area (TPSA) is 34.6 Å². The fraction of sp³-hybridized carbons (Fsp3) is 0.462. The summed E-state index contributed by atoms with van der Waals surface area (Å²) in [6.45, 7) is 3.24. The van der Waals surface area contributed by atoms with Crippen molar-refractivity contribution < 1.29 is 9.47 Å². The second-order valence-electron chi connectivity index (χ2n) is 4.78. The summed E-state index contributed by atoms with van der Waals surface area (Å²) in [5.41, 5.74) is 1.08. The van der Waals surface area contributed by atoms with E-state index >= 15 is 0 Å². The summed E-state index contributed by atoms with van der Waals surface area (Å²) in [4.78, 5) is 2.34. The Balaban J connectivity index is 1.68. The summed E-state index contributed by atoms with van der Waals surface area (Å²) >= 11 is 1.57. The van der Waals surface area contributed by atoms with Gasteiger partial charge in [-0.1, -0.05) is 12.1 Å². The Kier molecular flexibility index (Phi) is 2.33. The van der Waals surface area contributed by atoms with Crippen molar-refractivity contribution in [2.45, 2.75) is 12.2 Å². The van der Waals surface area contributed by atoms with Gasteiger partial charge in [0.2, 0.25) is 0 Å². The van der Waals surface area contributed by atoms with E-state index in [4.69, 9.17) is 9.47 Å². The van der Waals surface area contributed by atoms with Gasteiger partial charge in [0.05, 0.1) is 25.3 Å². The molecule has 0 unspecified atom stereocenters. The molecular weight excluding hydrogens is 248 g/mol. The highest BCUT2D eigenvalue weighted by atomic mass is 32.1. The molecule has 0 bridgehead atoms. The van der Waals surface area contributed by atoms with Crippen molar-refractivity contribution in [3.05, 3.63) is 24.3 Å². The predicted octanol–water partition coefficient (Wildman–Crippen LogP) is 2.25. The number of hydrogen-bond acceptors (Lipinski definition) is 5. The second kappa shape index (κ2) is 3.91. The van der Waals surface area contributed by atoms with Crippen LogP contribution in [0.2, 0.25) is 0 Å². The number of benzene rings is 1. The highest BCUT2D eigenvalue weighted by Crippen LogP contribution is 2.38. The van der Waals surface area contributed by atoms with Gasteiger partial charge in [0.1, 0.15) is 5.00 Å². The van der Waals surface area contributed by atoms with Crippen LogP contribution in [0, 0.1) is 0 Å². The molecule has 2 aliphatic heterocycles. The molecule has 3 heterocycles. The van der Waals surface area contributed by atoms with E-state index in [1.54, 1.807) is 11.5 Å². The summed E-state index contributed by atoms with van der Waals surface area (Å²) in [7, 11) is 0. The Bertz CT molecular complexity index is 577. The number of anilines is 1. The summed E-state index contributed by atoms with van der Waals surface area (Å²) < 4.78 is 16.0. The van der Waals surface area contributed by atoms with Gasteiger partial charge >= 0.3 is 0 Å². The normalized spacial score (nSPS) is 22.3. The van der Waals surface area contributed by atoms with Crippen molar-refractivity contribution in [2.24, 2.45) is 0 Å². The molecule has 4 rings (SSSR count).